The molecule has 4 amide bonds. The molecule has 2 heterocycles. The first-order chi connectivity index (χ1) is 15.0. The molecule has 0 unspecified atom stereocenters. The maximum atomic E-state index is 12.9. The van der Waals surface area contributed by atoms with E-state index < -0.39 is 29.3 Å². The number of aryl methyl sites for hydroxylation is 1. The van der Waals surface area contributed by atoms with Crippen LogP contribution in [0.3, 0.4) is 0 Å². The van der Waals surface area contributed by atoms with E-state index in [1.165, 1.54) is 4.90 Å². The molecule has 3 rings (SSSR count). The maximum Gasteiger partial charge on any atom is 0.262 e. The lowest BCUT2D eigenvalue weighted by atomic mass is 10.0. The first-order valence-corrected chi connectivity index (χ1v) is 11.3. The van der Waals surface area contributed by atoms with Gasteiger partial charge < -0.3 is 21.3 Å². The summed E-state index contributed by atoms with van der Waals surface area (Å²) in [5.74, 6) is -1.58. The van der Waals surface area contributed by atoms with E-state index in [0.717, 1.165) is 17.8 Å². The molecule has 1 aromatic carbocycles. The Morgan fingerprint density at radius 1 is 1.19 bits per heavy atom. The Morgan fingerprint density at radius 2 is 1.91 bits per heavy atom. The van der Waals surface area contributed by atoms with Gasteiger partial charge in [0.05, 0.1) is 9.21 Å². The molecule has 32 heavy (non-hydrogen) atoms. The molecule has 8 nitrogen and oxygen atoms in total. The fraction of sp³-hybridized carbons (Fsp3) is 0.364. The van der Waals surface area contributed by atoms with Gasteiger partial charge in [-0.3, -0.25) is 19.2 Å². The maximum absolute atomic E-state index is 12.9. The second-order valence-electron chi connectivity index (χ2n) is 8.23. The van der Waals surface area contributed by atoms with Gasteiger partial charge in [0.1, 0.15) is 11.6 Å². The number of nitrogens with two attached hydrogens (primary N) is 1. The Hall–Kier alpha value is -2.91. The number of anilines is 1. The van der Waals surface area contributed by atoms with Gasteiger partial charge in [-0.15, -0.1) is 11.3 Å². The van der Waals surface area contributed by atoms with Crippen LogP contribution < -0.4 is 16.4 Å². The number of likely N-dealkylation sites (tertiary alicyclic amines) is 1. The summed E-state index contributed by atoms with van der Waals surface area (Å²) in [5.41, 5.74) is 5.80. The lowest BCUT2D eigenvalue weighted by Crippen LogP contribution is -2.52. The minimum absolute atomic E-state index is 0.260. The monoisotopic (exact) mass is 476 g/mol. The molecular formula is C22H25ClN4O4S. The lowest BCUT2D eigenvalue weighted by molar-refractivity contribution is -0.122. The third-order valence-electron chi connectivity index (χ3n) is 5.35. The van der Waals surface area contributed by atoms with Crippen molar-refractivity contribution in [2.75, 3.05) is 11.9 Å². The number of carbonyl (C=O) groups is 4. The summed E-state index contributed by atoms with van der Waals surface area (Å²) in [5, 5.41) is 5.47. The smallest absolute Gasteiger partial charge is 0.262 e. The quantitative estimate of drug-likeness (QED) is 0.593. The Labute approximate surface area is 195 Å². The molecule has 1 fully saturated rings. The predicted octanol–water partition coefficient (Wildman–Crippen LogP) is 2.95. The standard InChI is InChI=1S/C22H25ClN4O4S/c1-12-11-13(6-7-14(12)20(30)27-10-4-5-15(27)18(24)28)25-21(31)22(2,3)26-19(29)16-8-9-17(23)32-16/h6-9,11,15H,4-5,10H2,1-3H3,(H2,24,28)(H,25,31)(H,26,29)/t15-/m1/s1. The fourth-order valence-corrected chi connectivity index (χ4v) is 4.51. The van der Waals surface area contributed by atoms with Gasteiger partial charge in [0.15, 0.2) is 0 Å². The van der Waals surface area contributed by atoms with Crippen molar-refractivity contribution in [3.63, 3.8) is 0 Å². The fourth-order valence-electron chi connectivity index (χ4n) is 3.57. The number of nitrogens with one attached hydrogen (secondary N) is 2. The lowest BCUT2D eigenvalue weighted by Gasteiger charge is -2.25. The van der Waals surface area contributed by atoms with Crippen molar-refractivity contribution in [1.29, 1.82) is 0 Å². The van der Waals surface area contributed by atoms with E-state index in [1.807, 2.05) is 0 Å². The highest BCUT2D eigenvalue weighted by Crippen LogP contribution is 2.24. The molecule has 2 aromatic rings. The highest BCUT2D eigenvalue weighted by atomic mass is 35.5. The van der Waals surface area contributed by atoms with Gasteiger partial charge in [-0.25, -0.2) is 0 Å². The zero-order valence-corrected chi connectivity index (χ0v) is 19.6. The molecule has 0 aliphatic carbocycles. The van der Waals surface area contributed by atoms with Crippen molar-refractivity contribution in [3.05, 3.63) is 50.7 Å². The molecule has 4 N–H and O–H groups in total. The summed E-state index contributed by atoms with van der Waals surface area (Å²) in [4.78, 5) is 51.6. The van der Waals surface area contributed by atoms with Crippen LogP contribution in [0.5, 0.6) is 0 Å². The molecule has 1 saturated heterocycles. The van der Waals surface area contributed by atoms with Crippen LogP contribution in [0.1, 0.15) is 52.3 Å². The molecule has 10 heteroatoms. The summed E-state index contributed by atoms with van der Waals surface area (Å²) in [6.45, 7) is 5.43. The molecule has 1 aromatic heterocycles. The van der Waals surface area contributed by atoms with E-state index in [1.54, 1.807) is 51.1 Å². The van der Waals surface area contributed by atoms with Crippen LogP contribution in [-0.2, 0) is 9.59 Å². The average molecular weight is 477 g/mol. The Kier molecular flexibility index (Phi) is 6.90. The Balaban J connectivity index is 1.69. The van der Waals surface area contributed by atoms with Crippen molar-refractivity contribution in [2.24, 2.45) is 5.73 Å². The summed E-state index contributed by atoms with van der Waals surface area (Å²) >= 11 is 7.00. The number of hydrogen-bond acceptors (Lipinski definition) is 5. The summed E-state index contributed by atoms with van der Waals surface area (Å²) in [7, 11) is 0. The van der Waals surface area contributed by atoms with Crippen LogP contribution in [0.4, 0.5) is 5.69 Å². The number of thiophene rings is 1. The highest BCUT2D eigenvalue weighted by Gasteiger charge is 2.34. The van der Waals surface area contributed by atoms with E-state index >= 15 is 0 Å². The number of primary amides is 1. The van der Waals surface area contributed by atoms with Gasteiger partial charge in [0.2, 0.25) is 11.8 Å². The Morgan fingerprint density at radius 3 is 2.50 bits per heavy atom. The van der Waals surface area contributed by atoms with Crippen molar-refractivity contribution < 1.29 is 19.2 Å². The van der Waals surface area contributed by atoms with Crippen molar-refractivity contribution in [1.82, 2.24) is 10.2 Å². The van der Waals surface area contributed by atoms with E-state index in [9.17, 15) is 19.2 Å². The number of amides is 4. The summed E-state index contributed by atoms with van der Waals surface area (Å²) in [6.07, 6.45) is 1.29. The normalized spacial score (nSPS) is 16.0. The molecule has 0 saturated carbocycles. The SMILES string of the molecule is Cc1cc(NC(=O)C(C)(C)NC(=O)c2ccc(Cl)s2)ccc1C(=O)N1CCC[C@@H]1C(N)=O. The van der Waals surface area contributed by atoms with Crippen LogP contribution in [0.2, 0.25) is 4.34 Å². The van der Waals surface area contributed by atoms with Gasteiger partial charge in [-0.2, -0.15) is 0 Å². The number of rotatable bonds is 6. The third kappa shape index (κ3) is 5.11. The molecule has 0 spiro atoms. The highest BCUT2D eigenvalue weighted by molar-refractivity contribution is 7.18. The van der Waals surface area contributed by atoms with Crippen LogP contribution in [0.15, 0.2) is 30.3 Å². The first kappa shape index (κ1) is 23.7. The van der Waals surface area contributed by atoms with Crippen LogP contribution in [0, 0.1) is 6.92 Å². The molecule has 0 radical (unpaired) electrons. The zero-order chi connectivity index (χ0) is 23.6. The first-order valence-electron chi connectivity index (χ1n) is 10.1. The molecule has 1 aliphatic heterocycles. The van der Waals surface area contributed by atoms with Gasteiger partial charge in [-0.05, 0) is 69.5 Å². The third-order valence-corrected chi connectivity index (χ3v) is 6.58. The van der Waals surface area contributed by atoms with Crippen LogP contribution in [-0.4, -0.2) is 46.7 Å². The average Bonchev–Trinajstić information content (AvgIpc) is 3.36. The van der Waals surface area contributed by atoms with Gasteiger partial charge in [0.25, 0.3) is 11.8 Å². The van der Waals surface area contributed by atoms with E-state index in [2.05, 4.69) is 10.6 Å². The number of carbonyl (C=O) groups excluding carboxylic acids is 4. The second-order valence-corrected chi connectivity index (χ2v) is 9.94. The van der Waals surface area contributed by atoms with Crippen molar-refractivity contribution in [2.45, 2.75) is 45.2 Å². The van der Waals surface area contributed by atoms with Crippen LogP contribution >= 0.6 is 22.9 Å². The van der Waals surface area contributed by atoms with Crippen molar-refractivity contribution in [3.8, 4) is 0 Å². The molecule has 1 aliphatic rings. The number of benzene rings is 1. The van der Waals surface area contributed by atoms with Gasteiger partial charge in [-0.1, -0.05) is 11.6 Å². The van der Waals surface area contributed by atoms with Crippen LogP contribution in [0.25, 0.3) is 0 Å². The Bertz CT molecular complexity index is 1080. The van der Waals surface area contributed by atoms with E-state index in [0.29, 0.717) is 39.0 Å². The summed E-state index contributed by atoms with van der Waals surface area (Å²) in [6, 6.07) is 7.53. The zero-order valence-electron chi connectivity index (χ0n) is 18.0. The number of halogens is 1. The van der Waals surface area contributed by atoms with E-state index in [4.69, 9.17) is 17.3 Å². The number of hydrogen-bond donors (Lipinski definition) is 3. The molecule has 0 bridgehead atoms. The topological polar surface area (TPSA) is 122 Å². The molecule has 1 atom stereocenters. The molecular weight excluding hydrogens is 452 g/mol. The summed E-state index contributed by atoms with van der Waals surface area (Å²) < 4.78 is 0.485. The molecule has 170 valence electrons. The van der Waals surface area contributed by atoms with E-state index in [-0.39, 0.29) is 5.91 Å². The predicted molar refractivity (Wildman–Crippen MR) is 124 cm³/mol. The largest absolute Gasteiger partial charge is 0.368 e. The second kappa shape index (κ2) is 9.30. The number of nitrogens with zero attached hydrogens (tertiary/aromatic N) is 1. The minimum Gasteiger partial charge on any atom is -0.368 e. The van der Waals surface area contributed by atoms with Gasteiger partial charge >= 0.3 is 0 Å². The minimum atomic E-state index is -1.19. The van der Waals surface area contributed by atoms with Crippen molar-refractivity contribution >= 4 is 52.3 Å². The van der Waals surface area contributed by atoms with Gasteiger partial charge in [0, 0.05) is 17.8 Å².